The number of hydrogen-bond acceptors (Lipinski definition) is 4. The van der Waals surface area contributed by atoms with E-state index in [0.717, 1.165) is 0 Å². The molecule has 6 heteroatoms. The molecule has 1 rings (SSSR count). The van der Waals surface area contributed by atoms with Gasteiger partial charge in [-0.3, -0.25) is 4.79 Å². The Morgan fingerprint density at radius 1 is 1.33 bits per heavy atom. The Kier molecular flexibility index (Phi) is 4.40. The van der Waals surface area contributed by atoms with E-state index in [4.69, 9.17) is 11.6 Å². The summed E-state index contributed by atoms with van der Waals surface area (Å²) >= 11 is 5.86. The van der Waals surface area contributed by atoms with Gasteiger partial charge in [0.25, 0.3) is 0 Å². The number of carbonyl (C=O) groups excluding carboxylic acids is 1. The zero-order valence-corrected chi connectivity index (χ0v) is 12.0. The molecule has 0 aliphatic carbocycles. The fourth-order valence-electron chi connectivity index (χ4n) is 1.58. The summed E-state index contributed by atoms with van der Waals surface area (Å²) in [7, 11) is -2.41. The number of carbonyl (C=O) groups is 1. The number of hydrogen-bond donors (Lipinski definition) is 0. The molecule has 0 amide bonds. The molecule has 100 valence electrons. The number of halogens is 1. The van der Waals surface area contributed by atoms with Crippen LogP contribution in [0.3, 0.4) is 0 Å². The third-order valence-corrected chi connectivity index (χ3v) is 5.03. The predicted octanol–water partition coefficient (Wildman–Crippen LogP) is 2.31. The Balaban J connectivity index is 3.11. The van der Waals surface area contributed by atoms with Crippen LogP contribution in [-0.2, 0) is 19.4 Å². The Labute approximate surface area is 112 Å². The van der Waals surface area contributed by atoms with Crippen molar-refractivity contribution in [1.29, 1.82) is 0 Å². The van der Waals surface area contributed by atoms with Crippen LogP contribution in [0.5, 0.6) is 0 Å². The third kappa shape index (κ3) is 3.23. The average molecular weight is 291 g/mol. The van der Waals surface area contributed by atoms with Gasteiger partial charge in [-0.2, -0.15) is 0 Å². The molecule has 0 N–H and O–H groups in total. The van der Waals surface area contributed by atoms with E-state index in [1.807, 2.05) is 0 Å². The molecular formula is C12H15ClO4S. The zero-order chi connectivity index (χ0) is 14.0. The second-order valence-corrected chi connectivity index (χ2v) is 6.93. The molecule has 0 spiro atoms. The molecule has 1 aromatic rings. The topological polar surface area (TPSA) is 60.4 Å². The fourth-order valence-corrected chi connectivity index (χ4v) is 3.95. The first-order chi connectivity index (χ1) is 8.20. The van der Waals surface area contributed by atoms with Crippen molar-refractivity contribution < 1.29 is 17.9 Å². The summed E-state index contributed by atoms with van der Waals surface area (Å²) in [5.41, 5.74) is -1.12. The van der Waals surface area contributed by atoms with Crippen LogP contribution in [0.25, 0.3) is 0 Å². The highest BCUT2D eigenvalue weighted by Gasteiger charge is 2.35. The van der Waals surface area contributed by atoms with Gasteiger partial charge in [-0.05, 0) is 26.0 Å². The van der Waals surface area contributed by atoms with Crippen molar-refractivity contribution in [3.63, 3.8) is 0 Å². The Morgan fingerprint density at radius 2 is 1.89 bits per heavy atom. The molecule has 0 unspecified atom stereocenters. The van der Waals surface area contributed by atoms with Gasteiger partial charge in [-0.1, -0.05) is 23.7 Å². The molecule has 0 aliphatic heterocycles. The van der Waals surface area contributed by atoms with Gasteiger partial charge in [0.2, 0.25) is 0 Å². The van der Waals surface area contributed by atoms with Gasteiger partial charge in [-0.15, -0.1) is 0 Å². The van der Waals surface area contributed by atoms with Crippen molar-refractivity contribution in [3.8, 4) is 0 Å². The molecule has 0 fully saturated rings. The lowest BCUT2D eigenvalue weighted by Crippen LogP contribution is -2.33. The standard InChI is InChI=1S/C12H15ClO4S/c1-12(2,11(14)17-3)8-18(15,16)10-7-5-4-6-9(10)13/h4-7H,8H2,1-3H3. The van der Waals surface area contributed by atoms with Crippen LogP contribution in [0.4, 0.5) is 0 Å². The lowest BCUT2D eigenvalue weighted by Gasteiger charge is -2.21. The maximum Gasteiger partial charge on any atom is 0.312 e. The van der Waals surface area contributed by atoms with E-state index in [1.165, 1.54) is 33.1 Å². The van der Waals surface area contributed by atoms with E-state index in [1.54, 1.807) is 12.1 Å². The van der Waals surface area contributed by atoms with Gasteiger partial charge < -0.3 is 4.74 Å². The lowest BCUT2D eigenvalue weighted by atomic mass is 9.97. The maximum atomic E-state index is 12.2. The van der Waals surface area contributed by atoms with Crippen molar-refractivity contribution in [2.24, 2.45) is 5.41 Å². The molecular weight excluding hydrogens is 276 g/mol. The van der Waals surface area contributed by atoms with Gasteiger partial charge in [0.1, 0.15) is 0 Å². The van der Waals surface area contributed by atoms with E-state index in [0.29, 0.717) is 0 Å². The summed E-state index contributed by atoms with van der Waals surface area (Å²) in [6.45, 7) is 3.04. The molecule has 0 bridgehead atoms. The van der Waals surface area contributed by atoms with Crippen LogP contribution in [0, 0.1) is 5.41 Å². The first-order valence-electron chi connectivity index (χ1n) is 5.26. The fraction of sp³-hybridized carbons (Fsp3) is 0.417. The monoisotopic (exact) mass is 290 g/mol. The number of esters is 1. The number of methoxy groups -OCH3 is 1. The summed E-state index contributed by atoms with van der Waals surface area (Å²) < 4.78 is 29.0. The van der Waals surface area contributed by atoms with E-state index >= 15 is 0 Å². The molecule has 18 heavy (non-hydrogen) atoms. The highest BCUT2D eigenvalue weighted by atomic mass is 35.5. The molecule has 0 heterocycles. The highest BCUT2D eigenvalue weighted by molar-refractivity contribution is 7.91. The van der Waals surface area contributed by atoms with Gasteiger partial charge in [0.05, 0.1) is 28.2 Å². The average Bonchev–Trinajstić information content (AvgIpc) is 2.26. The van der Waals surface area contributed by atoms with E-state index in [9.17, 15) is 13.2 Å². The van der Waals surface area contributed by atoms with Gasteiger partial charge in [-0.25, -0.2) is 8.42 Å². The quantitative estimate of drug-likeness (QED) is 0.799. The van der Waals surface area contributed by atoms with Crippen LogP contribution in [0.15, 0.2) is 29.2 Å². The Morgan fingerprint density at radius 3 is 2.39 bits per heavy atom. The van der Waals surface area contributed by atoms with E-state index < -0.39 is 21.2 Å². The molecule has 0 aliphatic rings. The molecule has 0 saturated heterocycles. The van der Waals surface area contributed by atoms with Crippen LogP contribution in [0.1, 0.15) is 13.8 Å². The molecule has 1 aromatic carbocycles. The van der Waals surface area contributed by atoms with Crippen LogP contribution in [-0.4, -0.2) is 27.2 Å². The van der Waals surface area contributed by atoms with Crippen molar-refractivity contribution in [1.82, 2.24) is 0 Å². The third-order valence-electron chi connectivity index (χ3n) is 2.46. The highest BCUT2D eigenvalue weighted by Crippen LogP contribution is 2.28. The number of ether oxygens (including phenoxy) is 1. The van der Waals surface area contributed by atoms with Gasteiger partial charge in [0.15, 0.2) is 9.84 Å². The molecule has 4 nitrogen and oxygen atoms in total. The van der Waals surface area contributed by atoms with E-state index in [-0.39, 0.29) is 15.7 Å². The summed E-state index contributed by atoms with van der Waals surface area (Å²) in [6.07, 6.45) is 0. The van der Waals surface area contributed by atoms with Crippen molar-refractivity contribution in [2.45, 2.75) is 18.7 Å². The van der Waals surface area contributed by atoms with Crippen molar-refractivity contribution in [3.05, 3.63) is 29.3 Å². The summed E-state index contributed by atoms with van der Waals surface area (Å²) in [4.78, 5) is 11.5. The lowest BCUT2D eigenvalue weighted by molar-refractivity contribution is -0.149. The molecule has 0 atom stereocenters. The van der Waals surface area contributed by atoms with Crippen LogP contribution in [0.2, 0.25) is 5.02 Å². The van der Waals surface area contributed by atoms with E-state index in [2.05, 4.69) is 4.74 Å². The predicted molar refractivity (Wildman–Crippen MR) is 69.3 cm³/mol. The first-order valence-corrected chi connectivity index (χ1v) is 7.29. The Hall–Kier alpha value is -1.07. The SMILES string of the molecule is COC(=O)C(C)(C)CS(=O)(=O)c1ccccc1Cl. The number of rotatable bonds is 4. The summed E-state index contributed by atoms with van der Waals surface area (Å²) in [5, 5.41) is 0.151. The molecule has 0 radical (unpaired) electrons. The minimum absolute atomic E-state index is 0.0312. The number of sulfone groups is 1. The second-order valence-electron chi connectivity index (χ2n) is 4.56. The molecule has 0 aromatic heterocycles. The molecule has 0 saturated carbocycles. The van der Waals surface area contributed by atoms with Crippen molar-refractivity contribution in [2.75, 3.05) is 12.9 Å². The van der Waals surface area contributed by atoms with Crippen LogP contribution < -0.4 is 0 Å². The minimum atomic E-state index is -3.64. The van der Waals surface area contributed by atoms with Gasteiger partial charge >= 0.3 is 5.97 Å². The van der Waals surface area contributed by atoms with Crippen LogP contribution >= 0.6 is 11.6 Å². The summed E-state index contributed by atoms with van der Waals surface area (Å²) in [6, 6.07) is 6.15. The zero-order valence-electron chi connectivity index (χ0n) is 10.4. The second kappa shape index (κ2) is 5.28. The maximum absolute atomic E-state index is 12.2. The smallest absolute Gasteiger partial charge is 0.312 e. The summed E-state index contributed by atoms with van der Waals surface area (Å²) in [5.74, 6) is -0.922. The Bertz CT molecular complexity index is 549. The normalized spacial score (nSPS) is 12.2. The van der Waals surface area contributed by atoms with Gasteiger partial charge in [0, 0.05) is 0 Å². The number of benzene rings is 1. The van der Waals surface area contributed by atoms with Crippen molar-refractivity contribution >= 4 is 27.4 Å². The minimum Gasteiger partial charge on any atom is -0.469 e. The largest absolute Gasteiger partial charge is 0.469 e. The first kappa shape index (κ1) is 15.0.